The van der Waals surface area contributed by atoms with Crippen molar-refractivity contribution in [2.24, 2.45) is 52.3 Å². The van der Waals surface area contributed by atoms with E-state index < -0.39 is 17.8 Å². The minimum Gasteiger partial charge on any atom is -0.393 e. The van der Waals surface area contributed by atoms with Gasteiger partial charge >= 0.3 is 0 Å². The number of hydrogen-bond donors (Lipinski definition) is 3. The fraction of sp³-hybridized carbons (Fsp3) is 0.931. The van der Waals surface area contributed by atoms with Crippen LogP contribution >= 0.6 is 0 Å². The van der Waals surface area contributed by atoms with Crippen LogP contribution < -0.4 is 0 Å². The Morgan fingerprint density at radius 2 is 1.66 bits per heavy atom. The predicted molar refractivity (Wildman–Crippen MR) is 129 cm³/mol. The van der Waals surface area contributed by atoms with E-state index in [4.69, 9.17) is 0 Å². The summed E-state index contributed by atoms with van der Waals surface area (Å²) in [6.07, 6.45) is 11.7. The summed E-state index contributed by atoms with van der Waals surface area (Å²) in [4.78, 5) is 0. The molecule has 0 aromatic rings. The number of rotatable bonds is 5. The molecule has 2 unspecified atom stereocenters. The second kappa shape index (κ2) is 7.82. The van der Waals surface area contributed by atoms with Gasteiger partial charge in [-0.15, -0.1) is 0 Å². The third-order valence-corrected chi connectivity index (χ3v) is 12.0. The van der Waals surface area contributed by atoms with Crippen molar-refractivity contribution in [1.29, 1.82) is 0 Å². The van der Waals surface area contributed by atoms with Crippen LogP contribution in [0.1, 0.15) is 98.8 Å². The number of aliphatic hydroxyl groups is 3. The Labute approximate surface area is 196 Å². The largest absolute Gasteiger partial charge is 0.393 e. The van der Waals surface area contributed by atoms with Crippen molar-refractivity contribution in [2.75, 3.05) is 0 Å². The molecule has 0 heterocycles. The van der Waals surface area contributed by atoms with E-state index in [2.05, 4.69) is 40.7 Å². The van der Waals surface area contributed by atoms with Gasteiger partial charge in [0.25, 0.3) is 0 Å². The predicted octanol–water partition coefficient (Wildman–Crippen LogP) is 5.72. The average Bonchev–Trinajstić information content (AvgIpc) is 3.36. The normalized spacial score (nSPS) is 54.1. The molecule has 5 rings (SSSR count). The Balaban J connectivity index is 1.35. The zero-order valence-electron chi connectivity index (χ0n) is 21.2. The molecule has 3 N–H and O–H groups in total. The monoisotopic (exact) mass is 444 g/mol. The van der Waals surface area contributed by atoms with Gasteiger partial charge in [-0.05, 0) is 91.8 Å². The van der Waals surface area contributed by atoms with Crippen molar-refractivity contribution in [3.8, 4) is 0 Å². The quantitative estimate of drug-likeness (QED) is 0.475. The van der Waals surface area contributed by atoms with Gasteiger partial charge in [-0.3, -0.25) is 0 Å². The van der Waals surface area contributed by atoms with Gasteiger partial charge in [-0.25, -0.2) is 0 Å². The lowest BCUT2D eigenvalue weighted by Crippen LogP contribution is -2.65. The summed E-state index contributed by atoms with van der Waals surface area (Å²) in [6, 6.07) is 0. The van der Waals surface area contributed by atoms with Crippen LogP contribution in [0.4, 0.5) is 0 Å². The number of aliphatic hydroxyl groups excluding tert-OH is 2. The number of fused-ring (bicyclic) bond motifs is 5. The molecule has 0 saturated heterocycles. The van der Waals surface area contributed by atoms with Crippen molar-refractivity contribution in [2.45, 2.75) is 117 Å². The van der Waals surface area contributed by atoms with Gasteiger partial charge in [0.1, 0.15) is 11.7 Å². The second-order valence-electron chi connectivity index (χ2n) is 13.6. The highest BCUT2D eigenvalue weighted by atomic mass is 16.3. The van der Waals surface area contributed by atoms with Crippen molar-refractivity contribution in [3.63, 3.8) is 0 Å². The molecule has 0 aromatic heterocycles. The highest BCUT2D eigenvalue weighted by Crippen LogP contribution is 2.67. The molecule has 0 radical (unpaired) electrons. The SMILES string of the molecule is C[C@H](CC[C@@H](C)[C@@H]1C[C@H]1C)C1CCC2C3=C[C@@H](O)[C@@]4(O)C[C@@H](O)CC[C@]4(C)[C@H]3CC[C@@]21C. The van der Waals surface area contributed by atoms with Gasteiger partial charge in [0.05, 0.1) is 6.10 Å². The summed E-state index contributed by atoms with van der Waals surface area (Å²) in [5, 5.41) is 33.0. The lowest BCUT2D eigenvalue weighted by atomic mass is 9.45. The van der Waals surface area contributed by atoms with E-state index in [1.165, 1.54) is 44.1 Å². The van der Waals surface area contributed by atoms with Crippen molar-refractivity contribution in [3.05, 3.63) is 11.6 Å². The van der Waals surface area contributed by atoms with E-state index in [9.17, 15) is 15.3 Å². The van der Waals surface area contributed by atoms with E-state index >= 15 is 0 Å². The summed E-state index contributed by atoms with van der Waals surface area (Å²) < 4.78 is 0. The van der Waals surface area contributed by atoms with E-state index in [1.807, 2.05) is 0 Å². The third kappa shape index (κ3) is 3.31. The van der Waals surface area contributed by atoms with Crippen LogP contribution in [0.5, 0.6) is 0 Å². The lowest BCUT2D eigenvalue weighted by Gasteiger charge is -2.62. The molecular formula is C29H48O3. The minimum absolute atomic E-state index is 0.310. The Kier molecular flexibility index (Phi) is 5.71. The zero-order valence-corrected chi connectivity index (χ0v) is 21.2. The zero-order chi connectivity index (χ0) is 23.1. The maximum atomic E-state index is 11.6. The summed E-state index contributed by atoms with van der Waals surface area (Å²) in [6.45, 7) is 12.2. The van der Waals surface area contributed by atoms with Gasteiger partial charge in [0, 0.05) is 11.8 Å². The first kappa shape index (κ1) is 23.4. The molecule has 5 aliphatic carbocycles. The number of hydrogen-bond acceptors (Lipinski definition) is 3. The first-order chi connectivity index (χ1) is 15.0. The summed E-state index contributed by atoms with van der Waals surface area (Å²) in [5.74, 6) is 5.26. The van der Waals surface area contributed by atoms with Crippen LogP contribution in [0, 0.1) is 52.3 Å². The lowest BCUT2D eigenvalue weighted by molar-refractivity contribution is -0.210. The molecule has 0 aliphatic heterocycles. The Bertz CT molecular complexity index is 762. The average molecular weight is 445 g/mol. The maximum Gasteiger partial charge on any atom is 0.102 e. The Morgan fingerprint density at radius 3 is 2.34 bits per heavy atom. The molecule has 0 aromatic carbocycles. The second-order valence-corrected chi connectivity index (χ2v) is 13.6. The summed E-state index contributed by atoms with van der Waals surface area (Å²) in [5.41, 5.74) is 0.285. The third-order valence-electron chi connectivity index (χ3n) is 12.0. The van der Waals surface area contributed by atoms with Crippen LogP contribution in [0.15, 0.2) is 11.6 Å². The standard InChI is InChI=1S/C29H48O3/c1-17(21-14-19(21)3)6-7-18(2)23-8-9-24-22-15-26(31)29(32)16-20(30)10-13-28(29,5)25(22)11-12-27(23,24)4/h15,17-21,23-26,30-32H,6-14,16H2,1-5H3/t17-,18-,19-,20+,21+,23?,24?,25+,26-,27-,28-,29+/m1/s1. The van der Waals surface area contributed by atoms with Gasteiger partial charge in [-0.1, -0.05) is 59.1 Å². The van der Waals surface area contributed by atoms with Crippen LogP contribution in [-0.4, -0.2) is 33.1 Å². The van der Waals surface area contributed by atoms with Gasteiger partial charge in [0.15, 0.2) is 0 Å². The Morgan fingerprint density at radius 1 is 0.969 bits per heavy atom. The molecule has 4 saturated carbocycles. The van der Waals surface area contributed by atoms with Crippen LogP contribution in [-0.2, 0) is 0 Å². The van der Waals surface area contributed by atoms with Crippen molar-refractivity contribution < 1.29 is 15.3 Å². The van der Waals surface area contributed by atoms with E-state index in [0.717, 1.165) is 48.9 Å². The van der Waals surface area contributed by atoms with Gasteiger partial charge in [0.2, 0.25) is 0 Å². The Hall–Kier alpha value is -0.380. The molecule has 0 amide bonds. The maximum absolute atomic E-state index is 11.6. The fourth-order valence-electron chi connectivity index (χ4n) is 9.61. The molecule has 3 nitrogen and oxygen atoms in total. The van der Waals surface area contributed by atoms with E-state index in [0.29, 0.717) is 23.7 Å². The minimum atomic E-state index is -1.19. The highest BCUT2D eigenvalue weighted by molar-refractivity contribution is 5.33. The van der Waals surface area contributed by atoms with E-state index in [1.54, 1.807) is 0 Å². The summed E-state index contributed by atoms with van der Waals surface area (Å²) in [7, 11) is 0. The number of allylic oxidation sites excluding steroid dienone is 1. The molecule has 182 valence electrons. The molecule has 32 heavy (non-hydrogen) atoms. The molecule has 5 aliphatic rings. The fourth-order valence-corrected chi connectivity index (χ4v) is 9.61. The molecule has 0 bridgehead atoms. The van der Waals surface area contributed by atoms with Gasteiger partial charge < -0.3 is 15.3 Å². The van der Waals surface area contributed by atoms with Crippen LogP contribution in [0.25, 0.3) is 0 Å². The molecule has 4 fully saturated rings. The molecule has 0 spiro atoms. The topological polar surface area (TPSA) is 60.7 Å². The van der Waals surface area contributed by atoms with Crippen LogP contribution in [0.3, 0.4) is 0 Å². The smallest absolute Gasteiger partial charge is 0.102 e. The van der Waals surface area contributed by atoms with Crippen molar-refractivity contribution >= 4 is 0 Å². The van der Waals surface area contributed by atoms with E-state index in [-0.39, 0.29) is 5.41 Å². The van der Waals surface area contributed by atoms with Crippen molar-refractivity contribution in [1.82, 2.24) is 0 Å². The van der Waals surface area contributed by atoms with Gasteiger partial charge in [-0.2, -0.15) is 0 Å². The highest BCUT2D eigenvalue weighted by Gasteiger charge is 2.64. The molecule has 12 atom stereocenters. The first-order valence-electron chi connectivity index (χ1n) is 13.8. The molecule has 3 heteroatoms. The molecular weight excluding hydrogens is 396 g/mol. The summed E-state index contributed by atoms with van der Waals surface area (Å²) >= 11 is 0. The first-order valence-corrected chi connectivity index (χ1v) is 13.8. The van der Waals surface area contributed by atoms with Crippen LogP contribution in [0.2, 0.25) is 0 Å².